The Morgan fingerprint density at radius 1 is 1.05 bits per heavy atom. The van der Waals surface area contributed by atoms with E-state index in [-0.39, 0.29) is 11.7 Å². The lowest BCUT2D eigenvalue weighted by Gasteiger charge is -2.08. The molecule has 0 atom stereocenters. The van der Waals surface area contributed by atoms with Gasteiger partial charge in [0.05, 0.1) is 10.6 Å². The first-order chi connectivity index (χ1) is 10.6. The third-order valence-corrected chi connectivity index (χ3v) is 4.62. The van der Waals surface area contributed by atoms with Gasteiger partial charge < -0.3 is 13.9 Å². The van der Waals surface area contributed by atoms with E-state index in [0.29, 0.717) is 28.3 Å². The average molecular weight is 318 g/mol. The number of rotatable bonds is 3. The maximum absolute atomic E-state index is 12.4. The minimum Gasteiger partial charge on any atom is -0.454 e. The predicted octanol–water partition coefficient (Wildman–Crippen LogP) is 2.36. The number of nitrogens with one attached hydrogen (secondary N) is 1. The summed E-state index contributed by atoms with van der Waals surface area (Å²) >= 11 is 0. The number of nitrogens with zero attached hydrogens (tertiary/aromatic N) is 1. The summed E-state index contributed by atoms with van der Waals surface area (Å²) < 4.78 is 42.9. The molecule has 1 aliphatic heterocycles. The monoisotopic (exact) mass is 318 g/mol. The van der Waals surface area contributed by atoms with E-state index in [1.165, 1.54) is 18.5 Å². The van der Waals surface area contributed by atoms with Crippen LogP contribution in [0, 0.1) is 0 Å². The van der Waals surface area contributed by atoms with Gasteiger partial charge in [0, 0.05) is 12.1 Å². The minimum absolute atomic E-state index is 0.0917. The van der Waals surface area contributed by atoms with Gasteiger partial charge in [0.1, 0.15) is 5.52 Å². The molecule has 1 N–H and O–H groups in total. The maximum atomic E-state index is 12.4. The summed E-state index contributed by atoms with van der Waals surface area (Å²) in [4.78, 5) is 4.07. The highest BCUT2D eigenvalue weighted by molar-refractivity contribution is 7.92. The number of hydrogen-bond acceptors (Lipinski definition) is 6. The van der Waals surface area contributed by atoms with Crippen molar-refractivity contribution in [2.45, 2.75) is 4.90 Å². The van der Waals surface area contributed by atoms with Crippen molar-refractivity contribution in [1.82, 2.24) is 4.98 Å². The van der Waals surface area contributed by atoms with Gasteiger partial charge in [-0.05, 0) is 24.3 Å². The SMILES string of the molecule is O=S(=O)(Nc1ccc2ncoc2c1)c1ccc2c(c1)OCO2. The van der Waals surface area contributed by atoms with Crippen molar-refractivity contribution in [2.24, 2.45) is 0 Å². The number of anilines is 1. The van der Waals surface area contributed by atoms with E-state index in [4.69, 9.17) is 13.9 Å². The molecule has 0 unspecified atom stereocenters. The number of sulfonamides is 1. The summed E-state index contributed by atoms with van der Waals surface area (Å²) in [6, 6.07) is 9.33. The highest BCUT2D eigenvalue weighted by Gasteiger charge is 2.20. The van der Waals surface area contributed by atoms with Crippen molar-refractivity contribution in [3.8, 4) is 11.5 Å². The summed E-state index contributed by atoms with van der Waals surface area (Å²) in [6.45, 7) is 0.0917. The molecule has 22 heavy (non-hydrogen) atoms. The van der Waals surface area contributed by atoms with Gasteiger partial charge in [0.25, 0.3) is 10.0 Å². The second kappa shape index (κ2) is 4.63. The first-order valence-corrected chi connectivity index (χ1v) is 7.86. The van der Waals surface area contributed by atoms with E-state index >= 15 is 0 Å². The predicted molar refractivity (Wildman–Crippen MR) is 77.4 cm³/mol. The third kappa shape index (κ3) is 2.13. The molecule has 112 valence electrons. The number of aromatic nitrogens is 1. The largest absolute Gasteiger partial charge is 0.454 e. The lowest BCUT2D eigenvalue weighted by molar-refractivity contribution is 0.174. The lowest BCUT2D eigenvalue weighted by atomic mass is 10.3. The van der Waals surface area contributed by atoms with Crippen molar-refractivity contribution < 1.29 is 22.3 Å². The second-order valence-electron chi connectivity index (χ2n) is 4.66. The number of benzene rings is 2. The van der Waals surface area contributed by atoms with Crippen LogP contribution in [0.4, 0.5) is 5.69 Å². The second-order valence-corrected chi connectivity index (χ2v) is 6.34. The molecule has 2 aromatic carbocycles. The topological polar surface area (TPSA) is 90.7 Å². The van der Waals surface area contributed by atoms with E-state index in [9.17, 15) is 8.42 Å². The Labute approximate surface area is 125 Å². The molecule has 0 bridgehead atoms. The van der Waals surface area contributed by atoms with Crippen molar-refractivity contribution in [2.75, 3.05) is 11.5 Å². The molecule has 0 aliphatic carbocycles. The highest BCUT2D eigenvalue weighted by Crippen LogP contribution is 2.34. The van der Waals surface area contributed by atoms with Crippen LogP contribution in [0.3, 0.4) is 0 Å². The highest BCUT2D eigenvalue weighted by atomic mass is 32.2. The Morgan fingerprint density at radius 3 is 2.82 bits per heavy atom. The van der Waals surface area contributed by atoms with E-state index in [1.54, 1.807) is 24.3 Å². The molecule has 0 saturated heterocycles. The van der Waals surface area contributed by atoms with Crippen LogP contribution in [-0.4, -0.2) is 20.2 Å². The van der Waals surface area contributed by atoms with Crippen molar-refractivity contribution in [3.05, 3.63) is 42.8 Å². The Balaban J connectivity index is 1.68. The van der Waals surface area contributed by atoms with Gasteiger partial charge in [-0.25, -0.2) is 13.4 Å². The van der Waals surface area contributed by atoms with Crippen molar-refractivity contribution in [3.63, 3.8) is 0 Å². The van der Waals surface area contributed by atoms with Gasteiger partial charge in [-0.15, -0.1) is 0 Å². The van der Waals surface area contributed by atoms with Crippen molar-refractivity contribution in [1.29, 1.82) is 0 Å². The van der Waals surface area contributed by atoms with Gasteiger partial charge in [-0.3, -0.25) is 4.72 Å². The Kier molecular flexibility index (Phi) is 2.73. The zero-order chi connectivity index (χ0) is 15.2. The van der Waals surface area contributed by atoms with Gasteiger partial charge >= 0.3 is 0 Å². The molecule has 8 heteroatoms. The quantitative estimate of drug-likeness (QED) is 0.797. The molecule has 1 aliphatic rings. The number of fused-ring (bicyclic) bond motifs is 2. The Hall–Kier alpha value is -2.74. The van der Waals surface area contributed by atoms with Crippen LogP contribution >= 0.6 is 0 Å². The number of ether oxygens (including phenoxy) is 2. The van der Waals surface area contributed by atoms with Crippen LogP contribution in [0.2, 0.25) is 0 Å². The number of hydrogen-bond donors (Lipinski definition) is 1. The fourth-order valence-corrected chi connectivity index (χ4v) is 3.24. The van der Waals surface area contributed by atoms with Gasteiger partial charge in [-0.1, -0.05) is 0 Å². The first-order valence-electron chi connectivity index (χ1n) is 6.37. The molecule has 4 rings (SSSR count). The molecule has 1 aromatic heterocycles. The van der Waals surface area contributed by atoms with Gasteiger partial charge in [-0.2, -0.15) is 0 Å². The zero-order valence-corrected chi connectivity index (χ0v) is 12.0. The smallest absolute Gasteiger partial charge is 0.262 e. The Bertz CT molecular complexity index is 964. The molecular weight excluding hydrogens is 308 g/mol. The lowest BCUT2D eigenvalue weighted by Crippen LogP contribution is -2.12. The molecule has 0 radical (unpaired) electrons. The van der Waals surface area contributed by atoms with Gasteiger partial charge in [0.2, 0.25) is 6.79 Å². The molecule has 7 nitrogen and oxygen atoms in total. The fourth-order valence-electron chi connectivity index (χ4n) is 2.18. The normalized spacial score (nSPS) is 13.5. The molecule has 0 amide bonds. The number of oxazole rings is 1. The summed E-state index contributed by atoms with van der Waals surface area (Å²) in [7, 11) is -3.73. The maximum Gasteiger partial charge on any atom is 0.262 e. The fraction of sp³-hybridized carbons (Fsp3) is 0.0714. The van der Waals surface area contributed by atoms with E-state index in [2.05, 4.69) is 9.71 Å². The Morgan fingerprint density at radius 2 is 1.91 bits per heavy atom. The molecule has 0 saturated carbocycles. The van der Waals surface area contributed by atoms with Gasteiger partial charge in [0.15, 0.2) is 23.5 Å². The summed E-state index contributed by atoms with van der Waals surface area (Å²) in [5, 5.41) is 0. The zero-order valence-electron chi connectivity index (χ0n) is 11.1. The van der Waals surface area contributed by atoms with Crippen LogP contribution < -0.4 is 14.2 Å². The van der Waals surface area contributed by atoms with E-state index < -0.39 is 10.0 Å². The molecular formula is C14H10N2O5S. The standard InChI is InChI=1S/C14H10N2O5S/c17-22(18,10-2-4-12-14(6-10)21-8-20-12)16-9-1-3-11-13(5-9)19-7-15-11/h1-7,16H,8H2. The van der Waals surface area contributed by atoms with Crippen LogP contribution in [-0.2, 0) is 10.0 Å². The van der Waals surface area contributed by atoms with Crippen molar-refractivity contribution >= 4 is 26.8 Å². The van der Waals surface area contributed by atoms with E-state index in [1.807, 2.05) is 0 Å². The van der Waals surface area contributed by atoms with E-state index in [0.717, 1.165) is 0 Å². The van der Waals surface area contributed by atoms with Crippen LogP contribution in [0.15, 0.2) is 52.1 Å². The molecule has 0 fully saturated rings. The molecule has 0 spiro atoms. The first kappa shape index (κ1) is 13.0. The van der Waals surface area contributed by atoms with Crippen LogP contribution in [0.1, 0.15) is 0 Å². The summed E-state index contributed by atoms with van der Waals surface area (Å²) in [5.41, 5.74) is 1.55. The average Bonchev–Trinajstić information content (AvgIpc) is 3.14. The van der Waals surface area contributed by atoms with Crippen LogP contribution in [0.25, 0.3) is 11.1 Å². The van der Waals surface area contributed by atoms with Crippen LogP contribution in [0.5, 0.6) is 11.5 Å². The summed E-state index contributed by atoms with van der Waals surface area (Å²) in [5.74, 6) is 0.940. The third-order valence-electron chi connectivity index (χ3n) is 3.24. The minimum atomic E-state index is -3.73. The summed E-state index contributed by atoms with van der Waals surface area (Å²) in [6.07, 6.45) is 1.31. The molecule has 3 aromatic rings. The molecule has 2 heterocycles.